The lowest BCUT2D eigenvalue weighted by Gasteiger charge is -2.46. The summed E-state index contributed by atoms with van der Waals surface area (Å²) in [6, 6.07) is -0.0769. The van der Waals surface area contributed by atoms with Gasteiger partial charge >= 0.3 is 0 Å². The molecule has 2 heterocycles. The Hall–Kier alpha value is -1.73. The van der Waals surface area contributed by atoms with Gasteiger partial charge in [0.05, 0.1) is 18.1 Å². The van der Waals surface area contributed by atoms with Gasteiger partial charge in [-0.1, -0.05) is 26.8 Å². The van der Waals surface area contributed by atoms with E-state index in [1.54, 1.807) is 0 Å². The molecule has 3 rings (SSSR count). The summed E-state index contributed by atoms with van der Waals surface area (Å²) in [6.07, 6.45) is 3.02. The van der Waals surface area contributed by atoms with E-state index in [1.807, 2.05) is 13.8 Å². The fourth-order valence-electron chi connectivity index (χ4n) is 4.06. The van der Waals surface area contributed by atoms with Crippen LogP contribution in [0.15, 0.2) is 11.6 Å². The predicted molar refractivity (Wildman–Crippen MR) is 112 cm³/mol. The maximum atomic E-state index is 12.4. The Morgan fingerprint density at radius 1 is 1.29 bits per heavy atom. The highest BCUT2D eigenvalue weighted by Crippen LogP contribution is 2.42. The smallest absolute Gasteiger partial charge is 0.228 e. The molecule has 1 amide bonds. The molecule has 0 spiro atoms. The Morgan fingerprint density at radius 3 is 2.43 bits per heavy atom. The van der Waals surface area contributed by atoms with Crippen LogP contribution in [0.5, 0.6) is 11.8 Å². The minimum Gasteiger partial charge on any atom is -0.494 e. The average Bonchev–Trinajstić information content (AvgIpc) is 2.81. The first-order valence-corrected chi connectivity index (χ1v) is 13.1. The van der Waals surface area contributed by atoms with Crippen molar-refractivity contribution in [2.45, 2.75) is 84.3 Å². The summed E-state index contributed by atoms with van der Waals surface area (Å²) in [6.45, 7) is 15.4. The molecule has 1 saturated heterocycles. The molecule has 6 nitrogen and oxygen atoms in total. The maximum Gasteiger partial charge on any atom is 0.228 e. The van der Waals surface area contributed by atoms with E-state index < -0.39 is 8.32 Å². The Labute approximate surface area is 168 Å². The Bertz CT molecular complexity index is 819. The van der Waals surface area contributed by atoms with E-state index in [-0.39, 0.29) is 40.8 Å². The molecule has 0 bridgehead atoms. The third-order valence-electron chi connectivity index (χ3n) is 6.83. The lowest BCUT2D eigenvalue weighted by atomic mass is 9.77. The number of carbonyl (C=O) groups is 1. The number of hydrogen-bond donors (Lipinski definition) is 3. The first kappa shape index (κ1) is 21.0. The molecule has 1 aromatic heterocycles. The summed E-state index contributed by atoms with van der Waals surface area (Å²) in [7, 11) is -1.97. The third kappa shape index (κ3) is 3.28. The van der Waals surface area contributed by atoms with Gasteiger partial charge in [0.15, 0.2) is 20.1 Å². The van der Waals surface area contributed by atoms with Crippen molar-refractivity contribution in [3.05, 3.63) is 22.8 Å². The lowest BCUT2D eigenvalue weighted by Crippen LogP contribution is -2.64. The second kappa shape index (κ2) is 6.95. The van der Waals surface area contributed by atoms with Gasteiger partial charge < -0.3 is 20.0 Å². The number of rotatable bonds is 5. The minimum absolute atomic E-state index is 0.0288. The van der Waals surface area contributed by atoms with Crippen LogP contribution in [0.2, 0.25) is 18.1 Å². The summed E-state index contributed by atoms with van der Waals surface area (Å²) in [5.74, 6) is 0.0922. The fourth-order valence-corrected chi connectivity index (χ4v) is 5.49. The van der Waals surface area contributed by atoms with Gasteiger partial charge in [0, 0.05) is 24.1 Å². The van der Waals surface area contributed by atoms with Crippen LogP contribution in [0.25, 0.3) is 0 Å². The van der Waals surface area contributed by atoms with Gasteiger partial charge in [0.2, 0.25) is 5.91 Å². The fraction of sp³-hybridized carbons (Fsp3) is 0.667. The molecule has 1 aliphatic heterocycles. The monoisotopic (exact) mass is 406 g/mol. The van der Waals surface area contributed by atoms with Crippen LogP contribution >= 0.6 is 0 Å². The van der Waals surface area contributed by atoms with E-state index in [1.165, 1.54) is 4.57 Å². The van der Waals surface area contributed by atoms with Gasteiger partial charge in [0.1, 0.15) is 0 Å². The predicted octanol–water partition coefficient (Wildman–Crippen LogP) is 3.47. The number of nitrogens with zero attached hydrogens (tertiary/aromatic N) is 1. The van der Waals surface area contributed by atoms with E-state index in [9.17, 15) is 15.0 Å². The largest absolute Gasteiger partial charge is 0.494 e. The van der Waals surface area contributed by atoms with Gasteiger partial charge in [-0.05, 0) is 44.0 Å². The number of amides is 1. The highest BCUT2D eigenvalue weighted by atomic mass is 28.4. The van der Waals surface area contributed by atoms with E-state index >= 15 is 0 Å². The molecule has 0 radical (unpaired) electrons. The summed E-state index contributed by atoms with van der Waals surface area (Å²) < 4.78 is 8.02. The van der Waals surface area contributed by atoms with Crippen molar-refractivity contribution < 1.29 is 19.4 Å². The van der Waals surface area contributed by atoms with E-state index in [2.05, 4.69) is 45.3 Å². The maximum absolute atomic E-state index is 12.4. The molecule has 0 unspecified atom stereocenters. The number of aromatic nitrogens is 1. The zero-order valence-corrected chi connectivity index (χ0v) is 19.1. The van der Waals surface area contributed by atoms with Gasteiger partial charge in [0.25, 0.3) is 0 Å². The van der Waals surface area contributed by atoms with E-state index in [0.29, 0.717) is 19.4 Å². The van der Waals surface area contributed by atoms with Crippen molar-refractivity contribution >= 4 is 14.2 Å². The van der Waals surface area contributed by atoms with Crippen molar-refractivity contribution in [3.8, 4) is 11.8 Å². The molecular weight excluding hydrogens is 372 g/mol. The van der Waals surface area contributed by atoms with Gasteiger partial charge in [-0.15, -0.1) is 0 Å². The van der Waals surface area contributed by atoms with Crippen molar-refractivity contribution in [1.29, 1.82) is 0 Å². The molecule has 3 atom stereocenters. The lowest BCUT2D eigenvalue weighted by molar-refractivity contribution is -0.138. The summed E-state index contributed by atoms with van der Waals surface area (Å²) in [4.78, 5) is 12.4. The number of carbonyl (C=O) groups excluding carboxylic acids is 1. The molecule has 2 aliphatic rings. The SMILES string of the molecule is CCn1c(O)c2c(c1O)CC([C@H]1NC(=O)[C@@H]1[C@H](C)O[Si](C)(C)C(C)(C)C)=CC2. The normalized spacial score (nSPS) is 23.5. The zero-order chi connectivity index (χ0) is 21.0. The second-order valence-electron chi connectivity index (χ2n) is 9.60. The zero-order valence-electron chi connectivity index (χ0n) is 18.1. The van der Waals surface area contributed by atoms with Crippen molar-refractivity contribution in [1.82, 2.24) is 9.88 Å². The number of β-lactam (4-membered cyclic amide) rings is 1. The van der Waals surface area contributed by atoms with Crippen LogP contribution in [0.1, 0.15) is 45.7 Å². The molecule has 3 N–H and O–H groups in total. The molecule has 1 aromatic rings. The van der Waals surface area contributed by atoms with E-state index in [4.69, 9.17) is 4.43 Å². The average molecular weight is 407 g/mol. The van der Waals surface area contributed by atoms with Crippen LogP contribution in [0.3, 0.4) is 0 Å². The van der Waals surface area contributed by atoms with Crippen molar-refractivity contribution in [3.63, 3.8) is 0 Å². The van der Waals surface area contributed by atoms with Crippen molar-refractivity contribution in [2.75, 3.05) is 0 Å². The molecular formula is C21H34N2O4Si. The first-order chi connectivity index (χ1) is 12.9. The first-order valence-electron chi connectivity index (χ1n) is 10.2. The molecule has 28 heavy (non-hydrogen) atoms. The van der Waals surface area contributed by atoms with Crippen LogP contribution in [0.4, 0.5) is 0 Å². The summed E-state index contributed by atoms with van der Waals surface area (Å²) >= 11 is 0. The van der Waals surface area contributed by atoms with Crippen LogP contribution in [-0.4, -0.2) is 41.2 Å². The van der Waals surface area contributed by atoms with Gasteiger partial charge in [-0.3, -0.25) is 9.36 Å². The highest BCUT2D eigenvalue weighted by Gasteiger charge is 2.49. The number of fused-ring (bicyclic) bond motifs is 1. The van der Waals surface area contributed by atoms with Crippen LogP contribution < -0.4 is 5.32 Å². The van der Waals surface area contributed by atoms with E-state index in [0.717, 1.165) is 16.7 Å². The Kier molecular flexibility index (Phi) is 5.21. The van der Waals surface area contributed by atoms with Crippen LogP contribution in [0, 0.1) is 5.92 Å². The molecule has 1 fully saturated rings. The number of hydrogen-bond acceptors (Lipinski definition) is 4. The Balaban J connectivity index is 1.78. The highest BCUT2D eigenvalue weighted by molar-refractivity contribution is 6.74. The number of allylic oxidation sites excluding steroid dienone is 1. The molecule has 0 saturated carbocycles. The minimum atomic E-state index is -1.97. The number of aromatic hydroxyl groups is 2. The second-order valence-corrected chi connectivity index (χ2v) is 14.4. The molecule has 0 aromatic carbocycles. The molecule has 156 valence electrons. The molecule has 7 heteroatoms. The number of nitrogens with one attached hydrogen (secondary N) is 1. The topological polar surface area (TPSA) is 83.7 Å². The molecule has 1 aliphatic carbocycles. The van der Waals surface area contributed by atoms with Gasteiger partial charge in [-0.25, -0.2) is 0 Å². The third-order valence-corrected chi connectivity index (χ3v) is 11.4. The van der Waals surface area contributed by atoms with Crippen LogP contribution in [-0.2, 0) is 28.6 Å². The Morgan fingerprint density at radius 2 is 1.89 bits per heavy atom. The van der Waals surface area contributed by atoms with Gasteiger partial charge in [-0.2, -0.15) is 0 Å². The summed E-state index contributed by atoms with van der Waals surface area (Å²) in [5, 5.41) is 23.9. The standard InChI is InChI=1S/C21H34N2O4Si/c1-8-23-19(25)14-10-9-13(11-15(14)20(23)26)17-16(18(24)22-17)12(2)27-28(6,7)21(3,4)5/h9,12,16-17,25-26H,8,10-11H2,1-7H3,(H,22,24)/t12-,16+,17+/m0/s1. The van der Waals surface area contributed by atoms with Crippen molar-refractivity contribution in [2.24, 2.45) is 5.92 Å². The quantitative estimate of drug-likeness (QED) is 0.397. The summed E-state index contributed by atoms with van der Waals surface area (Å²) in [5.41, 5.74) is 2.65.